The van der Waals surface area contributed by atoms with Gasteiger partial charge in [0.1, 0.15) is 0 Å². The zero-order chi connectivity index (χ0) is 9.07. The Balaban J connectivity index is 2.73. The Morgan fingerprint density at radius 1 is 0.833 bits per heavy atom. The summed E-state index contributed by atoms with van der Waals surface area (Å²) in [7, 11) is 0. The molecule has 0 spiro atoms. The Bertz CT molecular complexity index is 71.8. The Morgan fingerprint density at radius 2 is 1.33 bits per heavy atom. The van der Waals surface area contributed by atoms with Gasteiger partial charge in [-0.1, -0.05) is 0 Å². The molecule has 0 aliphatic rings. The molecule has 0 amide bonds. The number of aliphatic hydroxyl groups is 1. The third kappa shape index (κ3) is 9.80. The quantitative estimate of drug-likeness (QED) is 0.201. The zero-order valence-electron chi connectivity index (χ0n) is 7.47. The van der Waals surface area contributed by atoms with Crippen molar-refractivity contribution in [2.24, 2.45) is 5.73 Å². The first kappa shape index (κ1) is 11.8. The summed E-state index contributed by atoms with van der Waals surface area (Å²) >= 11 is 0. The number of nitrogens with two attached hydrogens (primary N) is 1. The average molecular weight is 176 g/mol. The molecule has 12 heavy (non-hydrogen) atoms. The summed E-state index contributed by atoms with van der Waals surface area (Å²) < 4.78 is 0. The topological polar surface area (TPSA) is 82.3 Å². The van der Waals surface area contributed by atoms with Crippen molar-refractivity contribution in [2.45, 2.75) is 0 Å². The minimum absolute atomic E-state index is 0.0487. The molecule has 0 aromatic heterocycles. The van der Waals surface area contributed by atoms with E-state index in [1.54, 1.807) is 0 Å². The molecule has 0 aromatic carbocycles. The van der Waals surface area contributed by atoms with Gasteiger partial charge >= 0.3 is 0 Å². The standard InChI is InChI=1S/C7H20N4O/c8-1-2-9-3-4-10-5-6-11-7-12/h9-12H,1-8H2. The van der Waals surface area contributed by atoms with E-state index in [4.69, 9.17) is 10.8 Å². The van der Waals surface area contributed by atoms with Crippen LogP contribution in [0.1, 0.15) is 0 Å². The predicted molar refractivity (Wildman–Crippen MR) is 49.9 cm³/mol. The van der Waals surface area contributed by atoms with Crippen LogP contribution in [0.3, 0.4) is 0 Å². The molecular weight excluding hydrogens is 156 g/mol. The van der Waals surface area contributed by atoms with E-state index in [1.165, 1.54) is 0 Å². The van der Waals surface area contributed by atoms with Gasteiger partial charge in [0, 0.05) is 39.3 Å². The van der Waals surface area contributed by atoms with Crippen LogP contribution in [0.5, 0.6) is 0 Å². The van der Waals surface area contributed by atoms with E-state index < -0.39 is 0 Å². The lowest BCUT2D eigenvalue weighted by molar-refractivity contribution is 0.261. The predicted octanol–water partition coefficient (Wildman–Crippen LogP) is -2.34. The lowest BCUT2D eigenvalue weighted by atomic mass is 10.5. The Morgan fingerprint density at radius 3 is 1.83 bits per heavy atom. The van der Waals surface area contributed by atoms with E-state index in [0.29, 0.717) is 6.54 Å². The minimum Gasteiger partial charge on any atom is -0.381 e. The van der Waals surface area contributed by atoms with Crippen LogP contribution < -0.4 is 21.7 Å². The highest BCUT2D eigenvalue weighted by molar-refractivity contribution is 4.53. The summed E-state index contributed by atoms with van der Waals surface area (Å²) in [5, 5.41) is 17.5. The molecule has 0 aromatic rings. The fourth-order valence-corrected chi connectivity index (χ4v) is 0.785. The molecule has 0 unspecified atom stereocenters. The van der Waals surface area contributed by atoms with Crippen molar-refractivity contribution in [3.05, 3.63) is 0 Å². The number of hydrogen-bond donors (Lipinski definition) is 5. The van der Waals surface area contributed by atoms with Crippen LogP contribution in [0.15, 0.2) is 0 Å². The van der Waals surface area contributed by atoms with Crippen molar-refractivity contribution >= 4 is 0 Å². The largest absolute Gasteiger partial charge is 0.381 e. The molecule has 0 saturated carbocycles. The van der Waals surface area contributed by atoms with Crippen LogP contribution in [-0.2, 0) is 0 Å². The average Bonchev–Trinajstić information content (AvgIpc) is 2.10. The second-order valence-electron chi connectivity index (χ2n) is 2.45. The highest BCUT2D eigenvalue weighted by Crippen LogP contribution is 1.59. The van der Waals surface area contributed by atoms with Crippen LogP contribution in [0.25, 0.3) is 0 Å². The third-order valence-corrected chi connectivity index (χ3v) is 1.39. The molecule has 0 saturated heterocycles. The summed E-state index contributed by atoms with van der Waals surface area (Å²) in [6, 6.07) is 0. The van der Waals surface area contributed by atoms with Gasteiger partial charge in [-0.05, 0) is 0 Å². The number of aliphatic hydroxyl groups excluding tert-OH is 1. The number of rotatable bonds is 9. The number of hydrogen-bond acceptors (Lipinski definition) is 5. The van der Waals surface area contributed by atoms with Crippen molar-refractivity contribution in [1.29, 1.82) is 0 Å². The van der Waals surface area contributed by atoms with Gasteiger partial charge in [-0.2, -0.15) is 0 Å². The molecule has 0 fully saturated rings. The molecule has 0 aliphatic carbocycles. The van der Waals surface area contributed by atoms with Crippen LogP contribution >= 0.6 is 0 Å². The van der Waals surface area contributed by atoms with Crippen LogP contribution in [0.4, 0.5) is 0 Å². The fraction of sp³-hybridized carbons (Fsp3) is 1.00. The second-order valence-corrected chi connectivity index (χ2v) is 2.45. The van der Waals surface area contributed by atoms with E-state index >= 15 is 0 Å². The van der Waals surface area contributed by atoms with Crippen LogP contribution in [0, 0.1) is 0 Å². The molecular formula is C7H20N4O. The van der Waals surface area contributed by atoms with Gasteiger partial charge < -0.3 is 21.5 Å². The Hall–Kier alpha value is -0.200. The van der Waals surface area contributed by atoms with Gasteiger partial charge in [-0.25, -0.2) is 0 Å². The van der Waals surface area contributed by atoms with Crippen molar-refractivity contribution in [2.75, 3.05) is 46.0 Å². The summed E-state index contributed by atoms with van der Waals surface area (Å²) in [6.07, 6.45) is 0. The monoisotopic (exact) mass is 176 g/mol. The van der Waals surface area contributed by atoms with E-state index in [1.807, 2.05) is 0 Å². The minimum atomic E-state index is 0.0487. The van der Waals surface area contributed by atoms with Crippen molar-refractivity contribution < 1.29 is 5.11 Å². The summed E-state index contributed by atoms with van der Waals surface area (Å²) in [4.78, 5) is 0. The maximum absolute atomic E-state index is 8.37. The van der Waals surface area contributed by atoms with Gasteiger partial charge in [0.05, 0.1) is 6.73 Å². The highest BCUT2D eigenvalue weighted by atomic mass is 16.3. The van der Waals surface area contributed by atoms with E-state index in [0.717, 1.165) is 32.7 Å². The molecule has 0 bridgehead atoms. The summed E-state index contributed by atoms with van der Waals surface area (Å²) in [6.45, 7) is 5.16. The van der Waals surface area contributed by atoms with E-state index in [2.05, 4.69) is 16.0 Å². The van der Waals surface area contributed by atoms with Crippen LogP contribution in [0.2, 0.25) is 0 Å². The first-order valence-corrected chi connectivity index (χ1v) is 4.35. The van der Waals surface area contributed by atoms with Crippen LogP contribution in [-0.4, -0.2) is 51.1 Å². The highest BCUT2D eigenvalue weighted by Gasteiger charge is 1.86. The van der Waals surface area contributed by atoms with E-state index in [9.17, 15) is 0 Å². The normalized spacial score (nSPS) is 10.5. The lowest BCUT2D eigenvalue weighted by Gasteiger charge is -2.05. The molecule has 0 rings (SSSR count). The third-order valence-electron chi connectivity index (χ3n) is 1.39. The molecule has 0 atom stereocenters. The summed E-state index contributed by atoms with van der Waals surface area (Å²) in [5.74, 6) is 0. The Labute approximate surface area is 73.7 Å². The smallest absolute Gasteiger partial charge is 0.0931 e. The molecule has 0 radical (unpaired) electrons. The molecule has 5 nitrogen and oxygen atoms in total. The van der Waals surface area contributed by atoms with E-state index in [-0.39, 0.29) is 6.73 Å². The maximum atomic E-state index is 8.37. The fourth-order valence-electron chi connectivity index (χ4n) is 0.785. The van der Waals surface area contributed by atoms with Gasteiger partial charge in [0.2, 0.25) is 0 Å². The summed E-state index contributed by atoms with van der Waals surface area (Å²) in [5.41, 5.74) is 5.29. The maximum Gasteiger partial charge on any atom is 0.0931 e. The molecule has 5 heteroatoms. The second kappa shape index (κ2) is 10.8. The molecule has 6 N–H and O–H groups in total. The molecule has 74 valence electrons. The van der Waals surface area contributed by atoms with Crippen molar-refractivity contribution in [3.8, 4) is 0 Å². The Kier molecular flexibility index (Phi) is 10.6. The molecule has 0 heterocycles. The molecule has 0 aliphatic heterocycles. The van der Waals surface area contributed by atoms with Gasteiger partial charge in [-0.3, -0.25) is 5.32 Å². The first-order valence-electron chi connectivity index (χ1n) is 4.35. The first-order chi connectivity index (χ1) is 5.91. The van der Waals surface area contributed by atoms with Crippen molar-refractivity contribution in [3.63, 3.8) is 0 Å². The number of nitrogens with one attached hydrogen (secondary N) is 3. The lowest BCUT2D eigenvalue weighted by Crippen LogP contribution is -2.34. The zero-order valence-corrected chi connectivity index (χ0v) is 7.47. The van der Waals surface area contributed by atoms with Gasteiger partial charge in [-0.15, -0.1) is 0 Å². The van der Waals surface area contributed by atoms with Gasteiger partial charge in [0.15, 0.2) is 0 Å². The SMILES string of the molecule is NCCNCCNCCNCO. The van der Waals surface area contributed by atoms with Gasteiger partial charge in [0.25, 0.3) is 0 Å². The van der Waals surface area contributed by atoms with Crippen molar-refractivity contribution in [1.82, 2.24) is 16.0 Å².